The van der Waals surface area contributed by atoms with Crippen molar-refractivity contribution in [3.05, 3.63) is 40.4 Å². The number of carbonyl (C=O) groups excluding carboxylic acids is 3. The van der Waals surface area contributed by atoms with Crippen LogP contribution in [0.2, 0.25) is 0 Å². The first-order chi connectivity index (χ1) is 13.3. The molecule has 1 aromatic heterocycles. The molecule has 146 valence electrons. The summed E-state index contributed by atoms with van der Waals surface area (Å²) in [5.74, 6) is -0.797. The van der Waals surface area contributed by atoms with Crippen molar-refractivity contribution in [2.24, 2.45) is 0 Å². The van der Waals surface area contributed by atoms with Gasteiger partial charge in [-0.1, -0.05) is 12.1 Å². The fourth-order valence-corrected chi connectivity index (χ4v) is 4.94. The van der Waals surface area contributed by atoms with Gasteiger partial charge < -0.3 is 4.90 Å². The molecule has 1 N–H and O–H groups in total. The maximum atomic E-state index is 13.6. The zero-order valence-corrected chi connectivity index (χ0v) is 17.1. The van der Waals surface area contributed by atoms with Gasteiger partial charge in [0.25, 0.3) is 11.8 Å². The highest BCUT2D eigenvalue weighted by atomic mass is 32.1. The van der Waals surface area contributed by atoms with Crippen LogP contribution >= 0.6 is 11.3 Å². The number of hydrogen-bond acceptors (Lipinski definition) is 5. The van der Waals surface area contributed by atoms with Crippen molar-refractivity contribution in [1.29, 1.82) is 0 Å². The predicted octanol–water partition coefficient (Wildman–Crippen LogP) is 3.09. The Bertz CT molecular complexity index is 980. The third-order valence-corrected chi connectivity index (χ3v) is 6.42. The number of fused-ring (bicyclic) bond motifs is 3. The number of nitrogens with one attached hydrogen (secondary N) is 1. The molecule has 2 aromatic rings. The lowest BCUT2D eigenvalue weighted by Crippen LogP contribution is -2.70. The SMILES string of the molecule is Cc1nc(NC(=O)[C@@]23CCC(=O)N2c2ccccc2C(=O)N3C(C)C)sc1C. The summed E-state index contributed by atoms with van der Waals surface area (Å²) in [4.78, 5) is 48.2. The molecule has 3 heterocycles. The van der Waals surface area contributed by atoms with E-state index in [0.29, 0.717) is 16.4 Å². The predicted molar refractivity (Wildman–Crippen MR) is 107 cm³/mol. The maximum absolute atomic E-state index is 13.6. The van der Waals surface area contributed by atoms with E-state index in [2.05, 4.69) is 10.3 Å². The monoisotopic (exact) mass is 398 g/mol. The molecular weight excluding hydrogens is 376 g/mol. The Hall–Kier alpha value is -2.74. The Morgan fingerprint density at radius 1 is 1.25 bits per heavy atom. The average molecular weight is 398 g/mol. The molecule has 28 heavy (non-hydrogen) atoms. The Labute approximate surface area is 167 Å². The zero-order valence-electron chi connectivity index (χ0n) is 16.3. The highest BCUT2D eigenvalue weighted by Gasteiger charge is 2.61. The van der Waals surface area contributed by atoms with Crippen molar-refractivity contribution >= 4 is 39.9 Å². The van der Waals surface area contributed by atoms with Crippen LogP contribution in [0.5, 0.6) is 0 Å². The Balaban J connectivity index is 1.86. The molecule has 7 nitrogen and oxygen atoms in total. The molecular formula is C20H22N4O3S. The lowest BCUT2D eigenvalue weighted by Gasteiger charge is -2.50. The van der Waals surface area contributed by atoms with Crippen LogP contribution in [-0.4, -0.2) is 39.3 Å². The van der Waals surface area contributed by atoms with Gasteiger partial charge in [-0.3, -0.25) is 24.6 Å². The van der Waals surface area contributed by atoms with Gasteiger partial charge in [0.15, 0.2) is 5.13 Å². The highest BCUT2D eigenvalue weighted by Crippen LogP contribution is 2.46. The second-order valence-corrected chi connectivity index (χ2v) is 8.65. The standard InChI is InChI=1S/C20H22N4O3S/c1-11(2)23-17(26)14-7-5-6-8-15(14)24-16(25)9-10-20(23,24)18(27)22-19-21-12(3)13(4)28-19/h5-8,11H,9-10H2,1-4H3,(H,21,22,27)/t20-/m1/s1. The van der Waals surface area contributed by atoms with E-state index in [-0.39, 0.29) is 30.7 Å². The molecule has 0 saturated carbocycles. The van der Waals surface area contributed by atoms with Gasteiger partial charge >= 0.3 is 0 Å². The molecule has 0 aliphatic carbocycles. The van der Waals surface area contributed by atoms with Gasteiger partial charge in [-0.2, -0.15) is 0 Å². The lowest BCUT2D eigenvalue weighted by atomic mass is 9.94. The van der Waals surface area contributed by atoms with Crippen LogP contribution in [0.1, 0.15) is 47.6 Å². The van der Waals surface area contributed by atoms with Gasteiger partial charge in [0.05, 0.1) is 16.9 Å². The fraction of sp³-hybridized carbons (Fsp3) is 0.400. The van der Waals surface area contributed by atoms with E-state index >= 15 is 0 Å². The van der Waals surface area contributed by atoms with Gasteiger partial charge in [-0.25, -0.2) is 4.98 Å². The van der Waals surface area contributed by atoms with E-state index in [4.69, 9.17) is 0 Å². The first-order valence-electron chi connectivity index (χ1n) is 9.28. The van der Waals surface area contributed by atoms with E-state index in [1.54, 1.807) is 29.2 Å². The zero-order chi connectivity index (χ0) is 20.2. The van der Waals surface area contributed by atoms with Crippen LogP contribution < -0.4 is 10.2 Å². The summed E-state index contributed by atoms with van der Waals surface area (Å²) in [7, 11) is 0. The van der Waals surface area contributed by atoms with Crippen LogP contribution in [0, 0.1) is 13.8 Å². The van der Waals surface area contributed by atoms with E-state index in [1.165, 1.54) is 16.2 Å². The fourth-order valence-electron chi connectivity index (χ4n) is 4.13. The quantitative estimate of drug-likeness (QED) is 0.861. The average Bonchev–Trinajstić information content (AvgIpc) is 3.15. The van der Waals surface area contributed by atoms with Gasteiger partial charge in [0.2, 0.25) is 11.6 Å². The van der Waals surface area contributed by atoms with Crippen molar-refractivity contribution in [1.82, 2.24) is 9.88 Å². The second-order valence-electron chi connectivity index (χ2n) is 7.45. The number of anilines is 2. The molecule has 2 aliphatic heterocycles. The maximum Gasteiger partial charge on any atom is 0.273 e. The number of thiazole rings is 1. The van der Waals surface area contributed by atoms with E-state index in [9.17, 15) is 14.4 Å². The smallest absolute Gasteiger partial charge is 0.273 e. The molecule has 1 aromatic carbocycles. The Morgan fingerprint density at radius 3 is 2.61 bits per heavy atom. The molecule has 2 aliphatic rings. The molecule has 3 amide bonds. The highest BCUT2D eigenvalue weighted by molar-refractivity contribution is 7.15. The molecule has 0 radical (unpaired) electrons. The second kappa shape index (κ2) is 6.41. The largest absolute Gasteiger partial charge is 0.304 e. The number of benzene rings is 1. The minimum atomic E-state index is -1.38. The van der Waals surface area contributed by atoms with Crippen LogP contribution in [0.25, 0.3) is 0 Å². The van der Waals surface area contributed by atoms with Crippen molar-refractivity contribution in [3.8, 4) is 0 Å². The minimum absolute atomic E-state index is 0.160. The molecule has 8 heteroatoms. The van der Waals surface area contributed by atoms with Gasteiger partial charge in [0.1, 0.15) is 0 Å². The van der Waals surface area contributed by atoms with Crippen molar-refractivity contribution in [3.63, 3.8) is 0 Å². The summed E-state index contributed by atoms with van der Waals surface area (Å²) < 4.78 is 0. The van der Waals surface area contributed by atoms with Gasteiger partial charge in [-0.15, -0.1) is 11.3 Å². The van der Waals surface area contributed by atoms with Crippen LogP contribution in [0.15, 0.2) is 24.3 Å². The third kappa shape index (κ3) is 2.47. The normalized spacial score (nSPS) is 21.2. The lowest BCUT2D eigenvalue weighted by molar-refractivity contribution is -0.129. The van der Waals surface area contributed by atoms with Gasteiger partial charge in [0, 0.05) is 23.8 Å². The number of nitrogens with zero attached hydrogens (tertiary/aromatic N) is 3. The Morgan fingerprint density at radius 2 is 1.96 bits per heavy atom. The number of para-hydroxylation sites is 1. The summed E-state index contributed by atoms with van der Waals surface area (Å²) in [6.07, 6.45) is 0.452. The number of aryl methyl sites for hydroxylation is 2. The Kier molecular flexibility index (Phi) is 4.26. The summed E-state index contributed by atoms with van der Waals surface area (Å²) in [5.41, 5.74) is 0.400. The number of aromatic nitrogens is 1. The first-order valence-corrected chi connectivity index (χ1v) is 10.1. The molecule has 1 saturated heterocycles. The van der Waals surface area contributed by atoms with E-state index in [1.807, 2.05) is 27.7 Å². The number of carbonyl (C=O) groups is 3. The topological polar surface area (TPSA) is 82.6 Å². The number of hydrogen-bond donors (Lipinski definition) is 1. The van der Waals surface area contributed by atoms with E-state index in [0.717, 1.165) is 10.6 Å². The van der Waals surface area contributed by atoms with E-state index < -0.39 is 11.6 Å². The van der Waals surface area contributed by atoms with Crippen molar-refractivity contribution in [2.45, 2.75) is 52.2 Å². The first kappa shape index (κ1) is 18.6. The third-order valence-electron chi connectivity index (χ3n) is 5.43. The molecule has 1 atom stereocenters. The van der Waals surface area contributed by atoms with Gasteiger partial charge in [-0.05, 0) is 39.8 Å². The number of amides is 3. The summed E-state index contributed by atoms with van der Waals surface area (Å²) in [5, 5.41) is 3.35. The van der Waals surface area contributed by atoms with Crippen LogP contribution in [0.4, 0.5) is 10.8 Å². The van der Waals surface area contributed by atoms with Crippen molar-refractivity contribution in [2.75, 3.05) is 10.2 Å². The number of rotatable bonds is 3. The van der Waals surface area contributed by atoms with Crippen LogP contribution in [0.3, 0.4) is 0 Å². The minimum Gasteiger partial charge on any atom is -0.304 e. The molecule has 1 fully saturated rings. The molecule has 4 rings (SSSR count). The summed E-state index contributed by atoms with van der Waals surface area (Å²) in [6, 6.07) is 6.71. The molecule has 0 bridgehead atoms. The summed E-state index contributed by atoms with van der Waals surface area (Å²) >= 11 is 1.38. The van der Waals surface area contributed by atoms with Crippen LogP contribution in [-0.2, 0) is 9.59 Å². The molecule has 0 unspecified atom stereocenters. The molecule has 0 spiro atoms. The van der Waals surface area contributed by atoms with Crippen molar-refractivity contribution < 1.29 is 14.4 Å². The summed E-state index contributed by atoms with van der Waals surface area (Å²) in [6.45, 7) is 7.54.